The second kappa shape index (κ2) is 19.7. The molecule has 6 nitrogen and oxygen atoms in total. The average molecular weight is 1040 g/mol. The zero-order valence-corrected chi connectivity index (χ0v) is 50.2. The highest BCUT2D eigenvalue weighted by Gasteiger charge is 2.28. The Morgan fingerprint density at radius 3 is 1.04 bits per heavy atom. The van der Waals surface area contributed by atoms with Crippen LogP contribution >= 0.6 is 0 Å². The minimum absolute atomic E-state index is 0.0578. The molecule has 0 radical (unpaired) electrons. The molecule has 3 aromatic heterocycles. The number of benzene rings is 7. The third-order valence-electron chi connectivity index (χ3n) is 15.6. The average Bonchev–Trinajstić information content (AvgIpc) is 4.02. The summed E-state index contributed by atoms with van der Waals surface area (Å²) in [5.74, 6) is 2.47. The molecule has 0 atom stereocenters. The molecule has 7 aromatic carbocycles. The molecule has 79 heavy (non-hydrogen) atoms. The molecule has 6 heteroatoms. The molecule has 0 saturated heterocycles. The van der Waals surface area contributed by atoms with Crippen LogP contribution in [0.2, 0.25) is 0 Å². The first-order valence-electron chi connectivity index (χ1n) is 28.2. The minimum Gasteiger partial charge on any atom is -0.309 e. The van der Waals surface area contributed by atoms with Gasteiger partial charge in [-0.1, -0.05) is 216 Å². The van der Waals surface area contributed by atoms with Gasteiger partial charge >= 0.3 is 0 Å². The van der Waals surface area contributed by atoms with Crippen molar-refractivity contribution in [3.8, 4) is 73.8 Å². The van der Waals surface area contributed by atoms with Crippen molar-refractivity contribution < 1.29 is 0 Å². The molecule has 0 unspecified atom stereocenters. The van der Waals surface area contributed by atoms with Crippen LogP contribution in [0.15, 0.2) is 158 Å². The van der Waals surface area contributed by atoms with Gasteiger partial charge in [0.25, 0.3) is 0 Å². The highest BCUT2D eigenvalue weighted by atomic mass is 15.1. The standard InChI is InChI=1S/C73H80N6/c1-68(2,3)50-30-33-61-56(42-50)57-43-51(69(4,5)6)31-34-62(57)79(61)63-32-29-47(60-44-59(45-25-21-19-22-26-45)74-64(75-60)46-27-23-20-24-28-46)39-58(63)67-77-65(48-35-52(70(7,8)9)40-53(36-48)71(10,11)12)76-66(78-67)49-37-54(72(13,14)15)41-55(38-49)73(16,17)18/h19-44H,1-18H3. The number of rotatable bonds is 7. The van der Waals surface area contributed by atoms with Crippen LogP contribution in [-0.2, 0) is 32.5 Å². The van der Waals surface area contributed by atoms with Crippen LogP contribution in [0, 0.1) is 0 Å². The zero-order chi connectivity index (χ0) is 56.8. The molecule has 10 aromatic rings. The fraction of sp³-hybridized carbons (Fsp3) is 0.329. The first-order valence-corrected chi connectivity index (χ1v) is 28.2. The summed E-state index contributed by atoms with van der Waals surface area (Å²) in [4.78, 5) is 27.6. The second-order valence-electron chi connectivity index (χ2n) is 28.1. The molecule has 0 aliphatic carbocycles. The van der Waals surface area contributed by atoms with Gasteiger partial charge in [0.05, 0.1) is 28.1 Å². The fourth-order valence-electron chi connectivity index (χ4n) is 10.4. The van der Waals surface area contributed by atoms with E-state index in [-0.39, 0.29) is 32.5 Å². The fourth-order valence-corrected chi connectivity index (χ4v) is 10.4. The number of nitrogens with zero attached hydrogens (tertiary/aromatic N) is 6. The molecule has 402 valence electrons. The third-order valence-corrected chi connectivity index (χ3v) is 15.6. The van der Waals surface area contributed by atoms with Gasteiger partial charge in [-0.3, -0.25) is 0 Å². The molecule has 0 saturated carbocycles. The Hall–Kier alpha value is -7.57. The molecule has 0 fully saturated rings. The van der Waals surface area contributed by atoms with E-state index in [1.54, 1.807) is 0 Å². The van der Waals surface area contributed by atoms with Crippen molar-refractivity contribution in [2.75, 3.05) is 0 Å². The van der Waals surface area contributed by atoms with E-state index in [0.717, 1.165) is 61.5 Å². The van der Waals surface area contributed by atoms with Crippen LogP contribution in [0.5, 0.6) is 0 Å². The summed E-state index contributed by atoms with van der Waals surface area (Å²) in [6.45, 7) is 41.2. The van der Waals surface area contributed by atoms with Crippen molar-refractivity contribution in [2.24, 2.45) is 0 Å². The van der Waals surface area contributed by atoms with Crippen LogP contribution in [0.1, 0.15) is 158 Å². The largest absolute Gasteiger partial charge is 0.309 e. The predicted octanol–water partition coefficient (Wildman–Crippen LogP) is 19.5. The van der Waals surface area contributed by atoms with Gasteiger partial charge in [0.15, 0.2) is 23.3 Å². The van der Waals surface area contributed by atoms with Gasteiger partial charge in [0.1, 0.15) is 0 Å². The van der Waals surface area contributed by atoms with Crippen molar-refractivity contribution >= 4 is 21.8 Å². The maximum Gasteiger partial charge on any atom is 0.166 e. The summed E-state index contributed by atoms with van der Waals surface area (Å²) in [5.41, 5.74) is 17.3. The van der Waals surface area contributed by atoms with Gasteiger partial charge in [0, 0.05) is 44.2 Å². The van der Waals surface area contributed by atoms with E-state index < -0.39 is 0 Å². The van der Waals surface area contributed by atoms with Crippen LogP contribution in [0.3, 0.4) is 0 Å². The Morgan fingerprint density at radius 1 is 0.266 bits per heavy atom. The van der Waals surface area contributed by atoms with E-state index >= 15 is 0 Å². The molecular formula is C73H80N6. The minimum atomic E-state index is -0.135. The van der Waals surface area contributed by atoms with Crippen molar-refractivity contribution in [3.05, 3.63) is 191 Å². The summed E-state index contributed by atoms with van der Waals surface area (Å²) in [6.07, 6.45) is 0. The quantitative estimate of drug-likeness (QED) is 0.159. The maximum absolute atomic E-state index is 5.71. The molecule has 0 bridgehead atoms. The van der Waals surface area contributed by atoms with Gasteiger partial charge in [-0.15, -0.1) is 0 Å². The lowest BCUT2D eigenvalue weighted by Crippen LogP contribution is -2.17. The SMILES string of the molecule is CC(C)(C)c1cc(-c2nc(-c3cc(C(C)(C)C)cc(C(C)(C)C)c3)nc(-c3cc(-c4cc(-c5ccccc5)nc(-c5ccccc5)n4)ccc3-n3c4ccc(C(C)(C)C)cc4c4cc(C(C)(C)C)ccc43)n2)cc(C(C)(C)C)c1. The van der Waals surface area contributed by atoms with Crippen molar-refractivity contribution in [1.29, 1.82) is 0 Å². The van der Waals surface area contributed by atoms with E-state index in [0.29, 0.717) is 23.3 Å². The lowest BCUT2D eigenvalue weighted by atomic mass is 9.79. The van der Waals surface area contributed by atoms with E-state index in [1.807, 2.05) is 24.3 Å². The van der Waals surface area contributed by atoms with Crippen molar-refractivity contribution in [3.63, 3.8) is 0 Å². The topological polar surface area (TPSA) is 69.4 Å². The van der Waals surface area contributed by atoms with Gasteiger partial charge in [-0.2, -0.15) is 0 Å². The van der Waals surface area contributed by atoms with Crippen molar-refractivity contribution in [2.45, 2.75) is 157 Å². The molecule has 0 N–H and O–H groups in total. The molecule has 0 amide bonds. The first-order chi connectivity index (χ1) is 36.9. The molecule has 0 aliphatic rings. The summed E-state index contributed by atoms with van der Waals surface area (Å²) >= 11 is 0. The van der Waals surface area contributed by atoms with Crippen LogP contribution in [-0.4, -0.2) is 29.5 Å². The molecule has 10 rings (SSSR count). The number of fused-ring (bicyclic) bond motifs is 3. The maximum atomic E-state index is 5.71. The van der Waals surface area contributed by atoms with Gasteiger partial charge < -0.3 is 4.57 Å². The van der Waals surface area contributed by atoms with E-state index in [1.165, 1.54) is 44.2 Å². The monoisotopic (exact) mass is 1040 g/mol. The Balaban J connectivity index is 1.35. The first kappa shape index (κ1) is 54.8. The third kappa shape index (κ3) is 11.2. The molecule has 0 spiro atoms. The lowest BCUT2D eigenvalue weighted by Gasteiger charge is -2.26. The highest BCUT2D eigenvalue weighted by Crippen LogP contribution is 2.43. The van der Waals surface area contributed by atoms with Gasteiger partial charge in [-0.05, 0) is 133 Å². The molecular weight excluding hydrogens is 961 g/mol. The molecule has 0 aliphatic heterocycles. The zero-order valence-electron chi connectivity index (χ0n) is 50.2. The Labute approximate surface area is 470 Å². The smallest absolute Gasteiger partial charge is 0.166 e. The van der Waals surface area contributed by atoms with Crippen LogP contribution < -0.4 is 0 Å². The Morgan fingerprint density at radius 2 is 0.633 bits per heavy atom. The highest BCUT2D eigenvalue weighted by molar-refractivity contribution is 6.10. The molecule has 3 heterocycles. The van der Waals surface area contributed by atoms with Crippen LogP contribution in [0.25, 0.3) is 95.6 Å². The summed E-state index contributed by atoms with van der Waals surface area (Å²) in [7, 11) is 0. The van der Waals surface area contributed by atoms with E-state index in [4.69, 9.17) is 24.9 Å². The Bertz CT molecular complexity index is 3640. The summed E-state index contributed by atoms with van der Waals surface area (Å²) in [6, 6.07) is 57.5. The number of hydrogen-bond acceptors (Lipinski definition) is 5. The van der Waals surface area contributed by atoms with Gasteiger partial charge in [0.2, 0.25) is 0 Å². The predicted molar refractivity (Wildman–Crippen MR) is 335 cm³/mol. The van der Waals surface area contributed by atoms with E-state index in [9.17, 15) is 0 Å². The summed E-state index contributed by atoms with van der Waals surface area (Å²) in [5, 5.41) is 2.41. The lowest BCUT2D eigenvalue weighted by molar-refractivity contribution is 0.568. The normalized spacial score (nSPS) is 12.9. The Kier molecular flexibility index (Phi) is 13.6. The summed E-state index contributed by atoms with van der Waals surface area (Å²) < 4.78 is 2.44. The van der Waals surface area contributed by atoms with Gasteiger partial charge in [-0.25, -0.2) is 24.9 Å². The van der Waals surface area contributed by atoms with Crippen LogP contribution in [0.4, 0.5) is 0 Å². The second-order valence-corrected chi connectivity index (χ2v) is 28.1. The van der Waals surface area contributed by atoms with Crippen molar-refractivity contribution in [1.82, 2.24) is 29.5 Å². The number of hydrogen-bond donors (Lipinski definition) is 0. The van der Waals surface area contributed by atoms with E-state index in [2.05, 4.69) is 263 Å². The number of aromatic nitrogens is 6.